The minimum atomic E-state index is 0.00913. The van der Waals surface area contributed by atoms with Crippen molar-refractivity contribution >= 4 is 11.8 Å². The van der Waals surface area contributed by atoms with Gasteiger partial charge in [-0.25, -0.2) is 0 Å². The van der Waals surface area contributed by atoms with E-state index in [0.29, 0.717) is 19.0 Å². The first-order valence-electron chi connectivity index (χ1n) is 7.91. The molecule has 0 saturated carbocycles. The van der Waals surface area contributed by atoms with E-state index < -0.39 is 0 Å². The quantitative estimate of drug-likeness (QED) is 0.834. The molecule has 2 amide bonds. The monoisotopic (exact) mass is 281 g/mol. The molecule has 0 aliphatic carbocycles. The fraction of sp³-hybridized carbons (Fsp3) is 0.867. The number of likely N-dealkylation sites (tertiary alicyclic amines) is 1. The van der Waals surface area contributed by atoms with Crippen LogP contribution in [0.4, 0.5) is 0 Å². The number of carbonyl (C=O) groups excluding carboxylic acids is 2. The fourth-order valence-electron chi connectivity index (χ4n) is 3.17. The Kier molecular flexibility index (Phi) is 5.40. The van der Waals surface area contributed by atoms with Crippen LogP contribution >= 0.6 is 0 Å². The van der Waals surface area contributed by atoms with Gasteiger partial charge in [0.25, 0.3) is 0 Å². The lowest BCUT2D eigenvalue weighted by atomic mass is 9.95. The third-order valence-corrected chi connectivity index (χ3v) is 4.27. The fourth-order valence-corrected chi connectivity index (χ4v) is 3.17. The normalized spacial score (nSPS) is 27.5. The number of piperidine rings is 1. The Morgan fingerprint density at radius 3 is 2.70 bits per heavy atom. The molecule has 0 spiro atoms. The number of hydrogen-bond acceptors (Lipinski definition) is 3. The Labute approximate surface area is 121 Å². The molecule has 0 aromatic rings. The molecule has 20 heavy (non-hydrogen) atoms. The maximum atomic E-state index is 12.6. The van der Waals surface area contributed by atoms with E-state index in [1.807, 2.05) is 16.7 Å². The summed E-state index contributed by atoms with van der Waals surface area (Å²) in [4.78, 5) is 28.4. The summed E-state index contributed by atoms with van der Waals surface area (Å²) < 4.78 is 0. The minimum Gasteiger partial charge on any atom is -0.342 e. The Morgan fingerprint density at radius 2 is 2.00 bits per heavy atom. The maximum absolute atomic E-state index is 12.6. The lowest BCUT2D eigenvalue weighted by molar-refractivity contribution is -0.141. The first-order valence-corrected chi connectivity index (χ1v) is 7.91. The average Bonchev–Trinajstić information content (AvgIpc) is 2.47. The summed E-state index contributed by atoms with van der Waals surface area (Å²) in [5.41, 5.74) is 0. The van der Waals surface area contributed by atoms with Gasteiger partial charge in [0, 0.05) is 45.2 Å². The molecule has 2 fully saturated rings. The predicted molar refractivity (Wildman–Crippen MR) is 78.3 cm³/mol. The Bertz CT molecular complexity index is 359. The number of piperazine rings is 1. The number of amides is 2. The van der Waals surface area contributed by atoms with Crippen molar-refractivity contribution in [1.29, 1.82) is 0 Å². The number of hydrogen-bond donors (Lipinski definition) is 1. The van der Waals surface area contributed by atoms with Crippen LogP contribution < -0.4 is 5.32 Å². The molecule has 2 unspecified atom stereocenters. The molecule has 0 bridgehead atoms. The van der Waals surface area contributed by atoms with E-state index in [-0.39, 0.29) is 17.7 Å². The van der Waals surface area contributed by atoms with Crippen LogP contribution in [-0.2, 0) is 9.59 Å². The lowest BCUT2D eigenvalue weighted by Crippen LogP contribution is -2.54. The standard InChI is InChI=1S/C15H27N3O2/c1-3-5-14(19)17-8-4-6-13(11-17)15(20)18-9-7-16-12(2)10-18/h12-13,16H,3-11H2,1-2H3. The van der Waals surface area contributed by atoms with Crippen molar-refractivity contribution in [2.45, 2.75) is 45.6 Å². The average molecular weight is 281 g/mol. The predicted octanol–water partition coefficient (Wildman–Crippen LogP) is 0.845. The van der Waals surface area contributed by atoms with Gasteiger partial charge in [0.05, 0.1) is 5.92 Å². The highest BCUT2D eigenvalue weighted by molar-refractivity contribution is 5.81. The van der Waals surface area contributed by atoms with E-state index in [9.17, 15) is 9.59 Å². The molecular weight excluding hydrogens is 254 g/mol. The van der Waals surface area contributed by atoms with E-state index in [4.69, 9.17) is 0 Å². The summed E-state index contributed by atoms with van der Waals surface area (Å²) in [6.45, 7) is 8.03. The molecule has 2 rings (SSSR count). The van der Waals surface area contributed by atoms with E-state index >= 15 is 0 Å². The summed E-state index contributed by atoms with van der Waals surface area (Å²) in [6, 6.07) is 0.370. The van der Waals surface area contributed by atoms with Gasteiger partial charge in [0.15, 0.2) is 0 Å². The molecule has 2 aliphatic heterocycles. The van der Waals surface area contributed by atoms with Crippen LogP contribution in [0.1, 0.15) is 39.5 Å². The van der Waals surface area contributed by atoms with Crippen molar-refractivity contribution in [3.05, 3.63) is 0 Å². The van der Waals surface area contributed by atoms with Crippen molar-refractivity contribution < 1.29 is 9.59 Å². The highest BCUT2D eigenvalue weighted by atomic mass is 16.2. The minimum absolute atomic E-state index is 0.00913. The molecule has 114 valence electrons. The molecule has 0 radical (unpaired) electrons. The van der Waals surface area contributed by atoms with E-state index in [1.54, 1.807) is 0 Å². The molecule has 0 aromatic carbocycles. The van der Waals surface area contributed by atoms with Gasteiger partial charge >= 0.3 is 0 Å². The van der Waals surface area contributed by atoms with E-state index in [1.165, 1.54) is 0 Å². The lowest BCUT2D eigenvalue weighted by Gasteiger charge is -2.38. The highest BCUT2D eigenvalue weighted by Gasteiger charge is 2.32. The second kappa shape index (κ2) is 7.07. The Morgan fingerprint density at radius 1 is 1.20 bits per heavy atom. The Balaban J connectivity index is 1.91. The maximum Gasteiger partial charge on any atom is 0.227 e. The third kappa shape index (κ3) is 3.72. The van der Waals surface area contributed by atoms with Crippen LogP contribution in [-0.4, -0.2) is 60.4 Å². The van der Waals surface area contributed by atoms with Crippen LogP contribution in [0.2, 0.25) is 0 Å². The zero-order chi connectivity index (χ0) is 14.5. The number of nitrogens with one attached hydrogen (secondary N) is 1. The van der Waals surface area contributed by atoms with E-state index in [0.717, 1.165) is 45.4 Å². The smallest absolute Gasteiger partial charge is 0.227 e. The van der Waals surface area contributed by atoms with Crippen LogP contribution in [0.3, 0.4) is 0 Å². The van der Waals surface area contributed by atoms with Crippen LogP contribution in [0, 0.1) is 5.92 Å². The zero-order valence-electron chi connectivity index (χ0n) is 12.7. The summed E-state index contributed by atoms with van der Waals surface area (Å²) >= 11 is 0. The third-order valence-electron chi connectivity index (χ3n) is 4.27. The Hall–Kier alpha value is -1.10. The zero-order valence-corrected chi connectivity index (χ0v) is 12.7. The van der Waals surface area contributed by atoms with Crippen LogP contribution in [0.25, 0.3) is 0 Å². The number of rotatable bonds is 3. The number of carbonyl (C=O) groups is 2. The second-order valence-electron chi connectivity index (χ2n) is 6.07. The molecule has 0 aromatic heterocycles. The molecule has 2 saturated heterocycles. The van der Waals surface area contributed by atoms with Gasteiger partial charge in [0.2, 0.25) is 11.8 Å². The summed E-state index contributed by atoms with van der Waals surface area (Å²) in [6.07, 6.45) is 3.36. The van der Waals surface area contributed by atoms with Crippen molar-refractivity contribution in [1.82, 2.24) is 15.1 Å². The molecule has 2 atom stereocenters. The van der Waals surface area contributed by atoms with Gasteiger partial charge in [-0.3, -0.25) is 9.59 Å². The SMILES string of the molecule is CCCC(=O)N1CCCC(C(=O)N2CCNC(C)C2)C1. The van der Waals surface area contributed by atoms with E-state index in [2.05, 4.69) is 12.2 Å². The summed E-state index contributed by atoms with van der Waals surface area (Å²) in [5, 5.41) is 3.36. The van der Waals surface area contributed by atoms with Gasteiger partial charge in [-0.05, 0) is 26.2 Å². The molecular formula is C15H27N3O2. The summed E-state index contributed by atoms with van der Waals surface area (Å²) in [5.74, 6) is 0.459. The van der Waals surface area contributed by atoms with Gasteiger partial charge in [-0.1, -0.05) is 6.92 Å². The van der Waals surface area contributed by atoms with Gasteiger partial charge in [-0.15, -0.1) is 0 Å². The van der Waals surface area contributed by atoms with Crippen LogP contribution in [0.5, 0.6) is 0 Å². The van der Waals surface area contributed by atoms with Gasteiger partial charge in [0.1, 0.15) is 0 Å². The van der Waals surface area contributed by atoms with Crippen molar-refractivity contribution in [2.75, 3.05) is 32.7 Å². The second-order valence-corrected chi connectivity index (χ2v) is 6.07. The highest BCUT2D eigenvalue weighted by Crippen LogP contribution is 2.20. The first-order chi connectivity index (χ1) is 9.61. The molecule has 2 aliphatic rings. The molecule has 5 heteroatoms. The number of nitrogens with zero attached hydrogens (tertiary/aromatic N) is 2. The van der Waals surface area contributed by atoms with Gasteiger partial charge in [-0.2, -0.15) is 0 Å². The van der Waals surface area contributed by atoms with Crippen molar-refractivity contribution in [3.8, 4) is 0 Å². The molecule has 2 heterocycles. The van der Waals surface area contributed by atoms with Crippen LogP contribution in [0.15, 0.2) is 0 Å². The van der Waals surface area contributed by atoms with Gasteiger partial charge < -0.3 is 15.1 Å². The van der Waals surface area contributed by atoms with Crippen molar-refractivity contribution in [3.63, 3.8) is 0 Å². The molecule has 5 nitrogen and oxygen atoms in total. The van der Waals surface area contributed by atoms with Crippen molar-refractivity contribution in [2.24, 2.45) is 5.92 Å². The summed E-state index contributed by atoms with van der Waals surface area (Å²) in [7, 11) is 0. The molecule has 1 N–H and O–H groups in total. The first kappa shape index (κ1) is 15.3. The largest absolute Gasteiger partial charge is 0.342 e. The topological polar surface area (TPSA) is 52.7 Å².